The van der Waals surface area contributed by atoms with E-state index in [0.29, 0.717) is 10.7 Å². The average Bonchev–Trinajstić information content (AvgIpc) is 3.03. The van der Waals surface area contributed by atoms with E-state index in [-0.39, 0.29) is 11.7 Å². The van der Waals surface area contributed by atoms with Crippen LogP contribution < -0.4 is 5.32 Å². The zero-order valence-corrected chi connectivity index (χ0v) is 15.6. The number of carbonyl (C=O) groups excluding carboxylic acids is 1. The molecular formula is C19H18ClN3OS. The van der Waals surface area contributed by atoms with E-state index in [0.717, 1.165) is 10.8 Å². The highest BCUT2D eigenvalue weighted by molar-refractivity contribution is 7.99. The number of imidazole rings is 1. The van der Waals surface area contributed by atoms with Crippen LogP contribution in [0.5, 0.6) is 0 Å². The normalized spacial score (nSPS) is 10.7. The first-order valence-corrected chi connectivity index (χ1v) is 9.19. The van der Waals surface area contributed by atoms with Gasteiger partial charge in [0.15, 0.2) is 5.16 Å². The van der Waals surface area contributed by atoms with Gasteiger partial charge in [0.25, 0.3) is 0 Å². The Morgan fingerprint density at radius 2 is 2.04 bits per heavy atom. The highest BCUT2D eigenvalue weighted by Gasteiger charge is 2.11. The molecule has 0 spiro atoms. The van der Waals surface area contributed by atoms with Crippen LogP contribution in [0.25, 0.3) is 5.69 Å². The zero-order chi connectivity index (χ0) is 17.8. The molecule has 2 aromatic carbocycles. The fraction of sp³-hybridized carbons (Fsp3) is 0.158. The third kappa shape index (κ3) is 4.24. The summed E-state index contributed by atoms with van der Waals surface area (Å²) in [5.74, 6) is 0.140. The SMILES string of the molecule is Cc1ccc(-n2ccnc2SCC(=O)Nc2ccccc2Cl)c(C)c1. The van der Waals surface area contributed by atoms with Crippen LogP contribution in [-0.4, -0.2) is 21.2 Å². The molecule has 3 aromatic rings. The van der Waals surface area contributed by atoms with Crippen molar-refractivity contribution in [2.24, 2.45) is 0 Å². The smallest absolute Gasteiger partial charge is 0.234 e. The predicted octanol–water partition coefficient (Wildman–Crippen LogP) is 4.87. The third-order valence-corrected chi connectivity index (χ3v) is 5.00. The first kappa shape index (κ1) is 17.6. The number of benzene rings is 2. The van der Waals surface area contributed by atoms with E-state index in [1.165, 1.54) is 22.9 Å². The topological polar surface area (TPSA) is 46.9 Å². The summed E-state index contributed by atoms with van der Waals surface area (Å²) < 4.78 is 2.00. The minimum atomic E-state index is -0.117. The van der Waals surface area contributed by atoms with Crippen molar-refractivity contribution in [2.75, 3.05) is 11.1 Å². The maximum Gasteiger partial charge on any atom is 0.234 e. The Morgan fingerprint density at radius 3 is 2.80 bits per heavy atom. The van der Waals surface area contributed by atoms with E-state index in [9.17, 15) is 4.79 Å². The van der Waals surface area contributed by atoms with E-state index in [1.807, 2.05) is 22.9 Å². The van der Waals surface area contributed by atoms with Crippen molar-refractivity contribution in [1.82, 2.24) is 9.55 Å². The number of aryl methyl sites for hydroxylation is 2. The molecule has 3 rings (SSSR count). The van der Waals surface area contributed by atoms with Gasteiger partial charge in [-0.25, -0.2) is 4.98 Å². The monoisotopic (exact) mass is 371 g/mol. The standard InChI is InChI=1S/C19H18ClN3OS/c1-13-7-8-17(14(2)11-13)23-10-9-21-19(23)25-12-18(24)22-16-6-4-3-5-15(16)20/h3-11H,12H2,1-2H3,(H,22,24). The van der Waals surface area contributed by atoms with Gasteiger partial charge in [-0.2, -0.15) is 0 Å². The Hall–Kier alpha value is -2.24. The van der Waals surface area contributed by atoms with Crippen LogP contribution in [0.4, 0.5) is 5.69 Å². The molecule has 0 aliphatic rings. The second-order valence-corrected chi connectivity index (χ2v) is 7.04. The summed E-state index contributed by atoms with van der Waals surface area (Å²) >= 11 is 7.46. The molecule has 0 radical (unpaired) electrons. The summed E-state index contributed by atoms with van der Waals surface area (Å²) in [6.45, 7) is 4.14. The van der Waals surface area contributed by atoms with Gasteiger partial charge in [-0.15, -0.1) is 0 Å². The summed E-state index contributed by atoms with van der Waals surface area (Å²) in [4.78, 5) is 16.6. The number of thioether (sulfide) groups is 1. The van der Waals surface area contributed by atoms with Gasteiger partial charge in [-0.1, -0.05) is 53.2 Å². The molecule has 0 bridgehead atoms. The average molecular weight is 372 g/mol. The number of rotatable bonds is 5. The van der Waals surface area contributed by atoms with Crippen molar-refractivity contribution >= 4 is 35.0 Å². The van der Waals surface area contributed by atoms with Gasteiger partial charge in [0.1, 0.15) is 0 Å². The molecule has 0 saturated heterocycles. The molecule has 6 heteroatoms. The maximum atomic E-state index is 12.2. The number of hydrogen-bond acceptors (Lipinski definition) is 3. The lowest BCUT2D eigenvalue weighted by atomic mass is 10.1. The van der Waals surface area contributed by atoms with Crippen molar-refractivity contribution < 1.29 is 4.79 Å². The van der Waals surface area contributed by atoms with E-state index in [2.05, 4.69) is 42.3 Å². The number of anilines is 1. The quantitative estimate of drug-likeness (QED) is 0.650. The molecule has 4 nitrogen and oxygen atoms in total. The molecule has 0 unspecified atom stereocenters. The first-order chi connectivity index (χ1) is 12.0. The molecule has 0 saturated carbocycles. The molecule has 1 N–H and O–H groups in total. The van der Waals surface area contributed by atoms with Crippen LogP contribution in [-0.2, 0) is 4.79 Å². The Morgan fingerprint density at radius 1 is 1.24 bits per heavy atom. The minimum Gasteiger partial charge on any atom is -0.324 e. The molecule has 0 aliphatic carbocycles. The molecule has 128 valence electrons. The van der Waals surface area contributed by atoms with Crippen molar-refractivity contribution in [3.8, 4) is 5.69 Å². The lowest BCUT2D eigenvalue weighted by Gasteiger charge is -2.11. The zero-order valence-electron chi connectivity index (χ0n) is 14.0. The molecule has 0 aliphatic heterocycles. The summed E-state index contributed by atoms with van der Waals surface area (Å²) in [7, 11) is 0. The van der Waals surface area contributed by atoms with E-state index in [4.69, 9.17) is 11.6 Å². The van der Waals surface area contributed by atoms with Crippen molar-refractivity contribution in [3.05, 3.63) is 71.0 Å². The summed E-state index contributed by atoms with van der Waals surface area (Å²) in [6.07, 6.45) is 3.65. The lowest BCUT2D eigenvalue weighted by molar-refractivity contribution is -0.113. The Bertz CT molecular complexity index is 907. The summed E-state index contributed by atoms with van der Waals surface area (Å²) in [5.41, 5.74) is 4.07. The van der Waals surface area contributed by atoms with Crippen LogP contribution in [0.2, 0.25) is 5.02 Å². The number of aromatic nitrogens is 2. The van der Waals surface area contributed by atoms with Crippen LogP contribution in [0, 0.1) is 13.8 Å². The van der Waals surface area contributed by atoms with Gasteiger partial charge in [0.2, 0.25) is 5.91 Å². The van der Waals surface area contributed by atoms with Gasteiger partial charge in [0, 0.05) is 12.4 Å². The predicted molar refractivity (Wildman–Crippen MR) is 104 cm³/mol. The molecule has 1 aromatic heterocycles. The van der Waals surface area contributed by atoms with E-state index >= 15 is 0 Å². The molecule has 1 heterocycles. The lowest BCUT2D eigenvalue weighted by Crippen LogP contribution is -2.14. The number of hydrogen-bond donors (Lipinski definition) is 1. The fourth-order valence-electron chi connectivity index (χ4n) is 2.53. The first-order valence-electron chi connectivity index (χ1n) is 7.83. The Kier molecular flexibility index (Phi) is 5.46. The molecule has 25 heavy (non-hydrogen) atoms. The number of nitrogens with one attached hydrogen (secondary N) is 1. The van der Waals surface area contributed by atoms with Crippen molar-refractivity contribution in [2.45, 2.75) is 19.0 Å². The third-order valence-electron chi connectivity index (χ3n) is 3.70. The largest absolute Gasteiger partial charge is 0.324 e. The van der Waals surface area contributed by atoms with E-state index < -0.39 is 0 Å². The van der Waals surface area contributed by atoms with Gasteiger partial charge in [-0.3, -0.25) is 9.36 Å². The number of halogens is 1. The molecule has 0 atom stereocenters. The summed E-state index contributed by atoms with van der Waals surface area (Å²) in [5, 5.41) is 4.13. The number of amides is 1. The van der Waals surface area contributed by atoms with Crippen molar-refractivity contribution in [1.29, 1.82) is 0 Å². The van der Waals surface area contributed by atoms with Crippen LogP contribution in [0.15, 0.2) is 60.0 Å². The van der Waals surface area contributed by atoms with Gasteiger partial charge in [-0.05, 0) is 37.6 Å². The van der Waals surface area contributed by atoms with Crippen LogP contribution in [0.1, 0.15) is 11.1 Å². The minimum absolute atomic E-state index is 0.117. The Balaban J connectivity index is 1.69. The Labute approximate surface area is 156 Å². The number of carbonyl (C=O) groups is 1. The van der Waals surface area contributed by atoms with Crippen molar-refractivity contribution in [3.63, 3.8) is 0 Å². The van der Waals surface area contributed by atoms with Gasteiger partial charge < -0.3 is 5.32 Å². The highest BCUT2D eigenvalue weighted by atomic mass is 35.5. The van der Waals surface area contributed by atoms with Gasteiger partial charge in [0.05, 0.1) is 22.2 Å². The number of para-hydroxylation sites is 1. The van der Waals surface area contributed by atoms with E-state index in [1.54, 1.807) is 18.3 Å². The molecular weight excluding hydrogens is 354 g/mol. The second-order valence-electron chi connectivity index (χ2n) is 5.69. The molecule has 1 amide bonds. The number of nitrogens with zero attached hydrogens (tertiary/aromatic N) is 2. The fourth-order valence-corrected chi connectivity index (χ4v) is 3.48. The second kappa shape index (κ2) is 7.76. The van der Waals surface area contributed by atoms with Crippen LogP contribution in [0.3, 0.4) is 0 Å². The van der Waals surface area contributed by atoms with Crippen LogP contribution >= 0.6 is 23.4 Å². The highest BCUT2D eigenvalue weighted by Crippen LogP contribution is 2.24. The molecule has 0 fully saturated rings. The summed E-state index contributed by atoms with van der Waals surface area (Å²) in [6, 6.07) is 13.5. The maximum absolute atomic E-state index is 12.2. The van der Waals surface area contributed by atoms with Gasteiger partial charge >= 0.3 is 0 Å².